The SMILES string of the molecule is Cc1nonc1COc1ccc(CN)cc1Cl. The van der Waals surface area contributed by atoms with Gasteiger partial charge in [-0.15, -0.1) is 0 Å². The fourth-order valence-electron chi connectivity index (χ4n) is 1.31. The molecule has 1 aromatic carbocycles. The summed E-state index contributed by atoms with van der Waals surface area (Å²) in [4.78, 5) is 0. The highest BCUT2D eigenvalue weighted by Gasteiger charge is 2.08. The molecular weight excluding hydrogens is 242 g/mol. The van der Waals surface area contributed by atoms with Crippen molar-refractivity contribution in [3.8, 4) is 5.75 Å². The van der Waals surface area contributed by atoms with Crippen LogP contribution in [-0.2, 0) is 13.2 Å². The Labute approximate surface area is 103 Å². The molecule has 1 aromatic heterocycles. The summed E-state index contributed by atoms with van der Waals surface area (Å²) in [5, 5.41) is 7.91. The van der Waals surface area contributed by atoms with Crippen LogP contribution in [0.5, 0.6) is 5.75 Å². The topological polar surface area (TPSA) is 74.2 Å². The Morgan fingerprint density at radius 3 is 2.82 bits per heavy atom. The Balaban J connectivity index is 2.07. The van der Waals surface area contributed by atoms with Gasteiger partial charge in [-0.1, -0.05) is 28.0 Å². The number of nitrogens with zero attached hydrogens (tertiary/aromatic N) is 2. The Bertz CT molecular complexity index is 513. The fraction of sp³-hybridized carbons (Fsp3) is 0.273. The maximum absolute atomic E-state index is 6.05. The molecule has 0 aliphatic heterocycles. The Hall–Kier alpha value is -1.59. The van der Waals surface area contributed by atoms with Crippen molar-refractivity contribution in [3.05, 3.63) is 40.2 Å². The van der Waals surface area contributed by atoms with Crippen molar-refractivity contribution in [1.82, 2.24) is 10.3 Å². The first-order valence-corrected chi connectivity index (χ1v) is 5.48. The summed E-state index contributed by atoms with van der Waals surface area (Å²) in [5.41, 5.74) is 7.83. The number of rotatable bonds is 4. The molecule has 0 radical (unpaired) electrons. The molecule has 0 unspecified atom stereocenters. The van der Waals surface area contributed by atoms with Gasteiger partial charge in [0.15, 0.2) is 0 Å². The van der Waals surface area contributed by atoms with Crippen molar-refractivity contribution in [2.75, 3.05) is 0 Å². The zero-order chi connectivity index (χ0) is 12.3. The molecule has 0 saturated heterocycles. The number of hydrogen-bond donors (Lipinski definition) is 1. The molecule has 0 amide bonds. The van der Waals surface area contributed by atoms with E-state index in [4.69, 9.17) is 22.1 Å². The minimum Gasteiger partial charge on any atom is -0.486 e. The number of halogens is 1. The minimum absolute atomic E-state index is 0.275. The molecule has 0 spiro atoms. The summed E-state index contributed by atoms with van der Waals surface area (Å²) in [6.07, 6.45) is 0. The van der Waals surface area contributed by atoms with Crippen LogP contribution in [0.2, 0.25) is 5.02 Å². The summed E-state index contributed by atoms with van der Waals surface area (Å²) in [5.74, 6) is 0.589. The standard InChI is InChI=1S/C11H12ClN3O2/c1-7-10(15-17-14-7)6-16-11-3-2-8(5-13)4-9(11)12/h2-4H,5-6,13H2,1H3. The molecule has 2 rings (SSSR count). The van der Waals surface area contributed by atoms with Crippen LogP contribution >= 0.6 is 11.6 Å². The zero-order valence-corrected chi connectivity index (χ0v) is 10.1. The van der Waals surface area contributed by atoms with Gasteiger partial charge in [0.1, 0.15) is 23.7 Å². The normalized spacial score (nSPS) is 10.5. The Kier molecular flexibility index (Phi) is 3.61. The molecule has 90 valence electrons. The van der Waals surface area contributed by atoms with E-state index in [1.54, 1.807) is 19.1 Å². The molecule has 0 aliphatic rings. The maximum atomic E-state index is 6.05. The van der Waals surface area contributed by atoms with Crippen LogP contribution in [0.3, 0.4) is 0 Å². The Morgan fingerprint density at radius 1 is 1.41 bits per heavy atom. The zero-order valence-electron chi connectivity index (χ0n) is 9.31. The van der Waals surface area contributed by atoms with Gasteiger partial charge < -0.3 is 10.5 Å². The predicted octanol–water partition coefficient (Wildman–Crippen LogP) is 2.07. The van der Waals surface area contributed by atoms with Crippen LogP contribution in [0.4, 0.5) is 0 Å². The average molecular weight is 254 g/mol. The molecule has 0 fully saturated rings. The van der Waals surface area contributed by atoms with Crippen LogP contribution < -0.4 is 10.5 Å². The van der Waals surface area contributed by atoms with E-state index in [-0.39, 0.29) is 6.61 Å². The molecule has 5 nitrogen and oxygen atoms in total. The highest BCUT2D eigenvalue weighted by molar-refractivity contribution is 6.32. The van der Waals surface area contributed by atoms with Gasteiger partial charge in [0.2, 0.25) is 0 Å². The van der Waals surface area contributed by atoms with Gasteiger partial charge in [-0.25, -0.2) is 4.63 Å². The van der Waals surface area contributed by atoms with E-state index in [0.29, 0.717) is 28.7 Å². The lowest BCUT2D eigenvalue weighted by molar-refractivity contribution is 0.270. The van der Waals surface area contributed by atoms with Crippen molar-refractivity contribution in [1.29, 1.82) is 0 Å². The quantitative estimate of drug-likeness (QED) is 0.903. The minimum atomic E-state index is 0.275. The fourth-order valence-corrected chi connectivity index (χ4v) is 1.57. The van der Waals surface area contributed by atoms with E-state index in [1.807, 2.05) is 6.07 Å². The lowest BCUT2D eigenvalue weighted by Crippen LogP contribution is -2.00. The lowest BCUT2D eigenvalue weighted by Gasteiger charge is -2.07. The second-order valence-electron chi connectivity index (χ2n) is 3.55. The monoisotopic (exact) mass is 253 g/mol. The molecule has 0 bridgehead atoms. The van der Waals surface area contributed by atoms with Crippen molar-refractivity contribution < 1.29 is 9.37 Å². The van der Waals surface area contributed by atoms with Crippen LogP contribution in [0, 0.1) is 6.92 Å². The molecule has 0 saturated carbocycles. The molecule has 0 aliphatic carbocycles. The van der Waals surface area contributed by atoms with E-state index in [2.05, 4.69) is 14.9 Å². The number of benzene rings is 1. The summed E-state index contributed by atoms with van der Waals surface area (Å²) >= 11 is 6.05. The first kappa shape index (κ1) is 11.9. The van der Waals surface area contributed by atoms with Gasteiger partial charge in [0, 0.05) is 6.54 Å². The van der Waals surface area contributed by atoms with E-state index in [9.17, 15) is 0 Å². The maximum Gasteiger partial charge on any atom is 0.145 e. The van der Waals surface area contributed by atoms with Crippen molar-refractivity contribution in [2.45, 2.75) is 20.1 Å². The van der Waals surface area contributed by atoms with Gasteiger partial charge in [-0.05, 0) is 24.6 Å². The average Bonchev–Trinajstić information content (AvgIpc) is 2.73. The number of hydrogen-bond acceptors (Lipinski definition) is 5. The van der Waals surface area contributed by atoms with Crippen LogP contribution in [0.1, 0.15) is 17.0 Å². The summed E-state index contributed by atoms with van der Waals surface area (Å²) < 4.78 is 10.1. The molecule has 1 heterocycles. The first-order chi connectivity index (χ1) is 8.20. The van der Waals surface area contributed by atoms with Crippen LogP contribution in [-0.4, -0.2) is 10.3 Å². The first-order valence-electron chi connectivity index (χ1n) is 5.10. The smallest absolute Gasteiger partial charge is 0.145 e. The second-order valence-corrected chi connectivity index (χ2v) is 3.96. The molecular formula is C11H12ClN3O2. The molecule has 17 heavy (non-hydrogen) atoms. The van der Waals surface area contributed by atoms with Crippen molar-refractivity contribution >= 4 is 11.6 Å². The van der Waals surface area contributed by atoms with Gasteiger partial charge in [0.25, 0.3) is 0 Å². The molecule has 2 aromatic rings. The van der Waals surface area contributed by atoms with Gasteiger partial charge in [-0.3, -0.25) is 0 Å². The van der Waals surface area contributed by atoms with E-state index in [1.165, 1.54) is 0 Å². The summed E-state index contributed by atoms with van der Waals surface area (Å²) in [6.45, 7) is 2.53. The van der Waals surface area contributed by atoms with Crippen LogP contribution in [0.15, 0.2) is 22.8 Å². The molecule has 6 heteroatoms. The second kappa shape index (κ2) is 5.16. The summed E-state index contributed by atoms with van der Waals surface area (Å²) in [6, 6.07) is 5.44. The largest absolute Gasteiger partial charge is 0.486 e. The predicted molar refractivity (Wildman–Crippen MR) is 62.7 cm³/mol. The van der Waals surface area contributed by atoms with Gasteiger partial charge >= 0.3 is 0 Å². The third-order valence-electron chi connectivity index (χ3n) is 2.34. The summed E-state index contributed by atoms with van der Waals surface area (Å²) in [7, 11) is 0. The highest BCUT2D eigenvalue weighted by Crippen LogP contribution is 2.26. The van der Waals surface area contributed by atoms with Crippen molar-refractivity contribution in [3.63, 3.8) is 0 Å². The lowest BCUT2D eigenvalue weighted by atomic mass is 10.2. The third-order valence-corrected chi connectivity index (χ3v) is 2.64. The van der Waals surface area contributed by atoms with E-state index >= 15 is 0 Å². The van der Waals surface area contributed by atoms with Gasteiger partial charge in [-0.2, -0.15) is 0 Å². The molecule has 2 N–H and O–H groups in total. The van der Waals surface area contributed by atoms with E-state index in [0.717, 1.165) is 5.56 Å². The number of aryl methyl sites for hydroxylation is 1. The van der Waals surface area contributed by atoms with Crippen LogP contribution in [0.25, 0.3) is 0 Å². The Morgan fingerprint density at radius 2 is 2.24 bits per heavy atom. The van der Waals surface area contributed by atoms with Crippen molar-refractivity contribution in [2.24, 2.45) is 5.73 Å². The van der Waals surface area contributed by atoms with Gasteiger partial charge in [0.05, 0.1) is 5.02 Å². The number of ether oxygens (including phenoxy) is 1. The highest BCUT2D eigenvalue weighted by atomic mass is 35.5. The number of aromatic nitrogens is 2. The van der Waals surface area contributed by atoms with E-state index < -0.39 is 0 Å². The number of nitrogens with two attached hydrogens (primary N) is 1. The molecule has 0 atom stereocenters. The third kappa shape index (κ3) is 2.75.